The van der Waals surface area contributed by atoms with Crippen molar-refractivity contribution >= 4 is 11.9 Å². The number of benzene rings is 5. The lowest BCUT2D eigenvalue weighted by Gasteiger charge is -2.40. The topological polar surface area (TPSA) is 28.1 Å². The van der Waals surface area contributed by atoms with Crippen molar-refractivity contribution < 1.29 is 0 Å². The molecule has 2 nitrogen and oxygen atoms in total. The van der Waals surface area contributed by atoms with E-state index in [1.54, 1.807) is 0 Å². The van der Waals surface area contributed by atoms with Crippen LogP contribution in [-0.4, -0.2) is 11.2 Å². The monoisotopic (exact) mass is 626 g/mol. The molecule has 48 heavy (non-hydrogen) atoms. The van der Waals surface area contributed by atoms with Crippen LogP contribution in [0.25, 0.3) is 0 Å². The lowest BCUT2D eigenvalue weighted by molar-refractivity contribution is 0.257. The zero-order valence-electron chi connectivity index (χ0n) is 28.5. The summed E-state index contributed by atoms with van der Waals surface area (Å²) in [6, 6.07) is 58.1. The lowest BCUT2D eigenvalue weighted by atomic mass is 9.63. The molecule has 5 aromatic carbocycles. The summed E-state index contributed by atoms with van der Waals surface area (Å²) in [5.41, 5.74) is 9.98. The van der Waals surface area contributed by atoms with Crippen molar-refractivity contribution in [3.63, 3.8) is 0 Å². The van der Waals surface area contributed by atoms with E-state index < -0.39 is 0 Å². The van der Waals surface area contributed by atoms with E-state index in [4.69, 9.17) is 4.99 Å². The maximum absolute atomic E-state index is 4.96. The predicted octanol–water partition coefficient (Wildman–Crippen LogP) is 11.9. The second-order valence-corrected chi connectivity index (χ2v) is 14.3. The number of aromatic nitrogens is 1. The molecule has 1 aliphatic rings. The maximum atomic E-state index is 4.96. The minimum Gasteiger partial charge on any atom is -0.357 e. The van der Waals surface area contributed by atoms with E-state index in [0.29, 0.717) is 5.92 Å². The predicted molar refractivity (Wildman–Crippen MR) is 202 cm³/mol. The van der Waals surface area contributed by atoms with E-state index in [1.807, 2.05) is 6.21 Å². The molecule has 1 heterocycles. The van der Waals surface area contributed by atoms with Crippen molar-refractivity contribution in [2.24, 2.45) is 10.9 Å². The van der Waals surface area contributed by atoms with Crippen LogP contribution in [0.1, 0.15) is 96.5 Å². The minimum atomic E-state index is -0.209. The smallest absolute Gasteiger partial charge is 0.0665 e. The molecule has 0 amide bonds. The Morgan fingerprint density at radius 1 is 0.521 bits per heavy atom. The van der Waals surface area contributed by atoms with Crippen molar-refractivity contribution in [2.75, 3.05) is 0 Å². The Balaban J connectivity index is 1.40. The molecule has 1 aliphatic carbocycles. The van der Waals surface area contributed by atoms with Gasteiger partial charge in [-0.3, -0.25) is 4.99 Å². The second kappa shape index (κ2) is 13.6. The van der Waals surface area contributed by atoms with Gasteiger partial charge in [0.15, 0.2) is 0 Å². The van der Waals surface area contributed by atoms with Gasteiger partial charge in [0.1, 0.15) is 0 Å². The van der Waals surface area contributed by atoms with Gasteiger partial charge in [-0.1, -0.05) is 167 Å². The van der Waals surface area contributed by atoms with Crippen LogP contribution in [0.3, 0.4) is 0 Å². The summed E-state index contributed by atoms with van der Waals surface area (Å²) >= 11 is 0. The van der Waals surface area contributed by atoms with Crippen molar-refractivity contribution in [3.8, 4) is 0 Å². The zero-order chi connectivity index (χ0) is 33.1. The van der Waals surface area contributed by atoms with Crippen LogP contribution in [0.15, 0.2) is 163 Å². The van der Waals surface area contributed by atoms with Crippen LogP contribution < -0.4 is 0 Å². The van der Waals surface area contributed by atoms with E-state index in [1.165, 1.54) is 33.5 Å². The third kappa shape index (κ3) is 6.08. The molecule has 0 aliphatic heterocycles. The summed E-state index contributed by atoms with van der Waals surface area (Å²) < 4.78 is 0. The van der Waals surface area contributed by atoms with Crippen molar-refractivity contribution in [3.05, 3.63) is 197 Å². The highest BCUT2D eigenvalue weighted by molar-refractivity contribution is 5.80. The Labute approximate surface area is 286 Å². The molecule has 7 rings (SSSR count). The standard InChI is InChI=1S/C46H46N2/c1-32(2)38-27-17-18-28-39(38)47-31-37-29-30-40(48-37)46(3,4)45-43(35-23-13-7-14-24-35)41(33-19-9-5-10-20-33)42(34-21-11-6-12-22-34)44(45)36-25-15-8-16-26-36/h5-32,41-45,48H,1-4H3. The van der Waals surface area contributed by atoms with Crippen molar-refractivity contribution in [1.29, 1.82) is 0 Å². The van der Waals surface area contributed by atoms with Gasteiger partial charge in [-0.2, -0.15) is 0 Å². The number of hydrogen-bond acceptors (Lipinski definition) is 1. The molecule has 0 spiro atoms. The number of para-hydroxylation sites is 1. The van der Waals surface area contributed by atoms with E-state index in [0.717, 1.165) is 11.4 Å². The van der Waals surface area contributed by atoms with E-state index in [9.17, 15) is 0 Å². The van der Waals surface area contributed by atoms with Crippen molar-refractivity contribution in [2.45, 2.75) is 62.7 Å². The number of nitrogens with one attached hydrogen (secondary N) is 1. The molecule has 1 fully saturated rings. The lowest BCUT2D eigenvalue weighted by Crippen LogP contribution is -2.35. The second-order valence-electron chi connectivity index (χ2n) is 14.3. The number of rotatable bonds is 9. The van der Waals surface area contributed by atoms with Crippen LogP contribution in [0, 0.1) is 5.92 Å². The number of aromatic amines is 1. The van der Waals surface area contributed by atoms with Gasteiger partial charge in [-0.25, -0.2) is 0 Å². The van der Waals surface area contributed by atoms with Crippen LogP contribution in [0.2, 0.25) is 0 Å². The fourth-order valence-electron chi connectivity index (χ4n) is 8.65. The molecular weight excluding hydrogens is 581 g/mol. The fourth-order valence-corrected chi connectivity index (χ4v) is 8.65. The third-order valence-corrected chi connectivity index (χ3v) is 10.8. The summed E-state index contributed by atoms with van der Waals surface area (Å²) in [7, 11) is 0. The summed E-state index contributed by atoms with van der Waals surface area (Å²) in [6.45, 7) is 9.37. The van der Waals surface area contributed by atoms with Gasteiger partial charge >= 0.3 is 0 Å². The van der Waals surface area contributed by atoms with E-state index in [-0.39, 0.29) is 35.0 Å². The molecule has 0 saturated heterocycles. The first kappa shape index (κ1) is 31.6. The normalized spacial score (nSPS) is 21.2. The number of nitrogens with zero attached hydrogens (tertiary/aromatic N) is 1. The zero-order valence-corrected chi connectivity index (χ0v) is 28.5. The Morgan fingerprint density at radius 3 is 1.40 bits per heavy atom. The van der Waals surface area contributed by atoms with Gasteiger partial charge in [0, 0.05) is 11.1 Å². The summed E-state index contributed by atoms with van der Waals surface area (Å²) in [5.74, 6) is 1.82. The first-order valence-corrected chi connectivity index (χ1v) is 17.5. The third-order valence-electron chi connectivity index (χ3n) is 10.8. The fraction of sp³-hybridized carbons (Fsp3) is 0.239. The molecule has 6 aromatic rings. The first-order chi connectivity index (χ1) is 23.4. The average Bonchev–Trinajstić information content (AvgIpc) is 3.77. The summed E-state index contributed by atoms with van der Waals surface area (Å²) in [6.07, 6.45) is 2.00. The largest absolute Gasteiger partial charge is 0.357 e. The molecule has 0 radical (unpaired) electrons. The molecule has 0 bridgehead atoms. The molecule has 4 unspecified atom stereocenters. The maximum Gasteiger partial charge on any atom is 0.0665 e. The number of hydrogen-bond donors (Lipinski definition) is 1. The number of H-pyrrole nitrogens is 1. The molecule has 1 aromatic heterocycles. The molecule has 1 N–H and O–H groups in total. The summed E-state index contributed by atoms with van der Waals surface area (Å²) in [5, 5.41) is 0. The quantitative estimate of drug-likeness (QED) is 0.155. The van der Waals surface area contributed by atoms with Gasteiger partial charge < -0.3 is 4.98 Å². The minimum absolute atomic E-state index is 0.209. The Morgan fingerprint density at radius 2 is 0.938 bits per heavy atom. The highest BCUT2D eigenvalue weighted by atomic mass is 14.8. The van der Waals surface area contributed by atoms with Crippen LogP contribution in [-0.2, 0) is 5.41 Å². The highest BCUT2D eigenvalue weighted by Gasteiger charge is 2.57. The van der Waals surface area contributed by atoms with Gasteiger partial charge in [0.2, 0.25) is 0 Å². The van der Waals surface area contributed by atoms with Crippen LogP contribution in [0.5, 0.6) is 0 Å². The Bertz CT molecular complexity index is 1850. The molecular formula is C46H46N2. The molecule has 2 heteroatoms. The molecule has 1 saturated carbocycles. The SMILES string of the molecule is CC(C)c1ccccc1N=Cc1ccc(C(C)(C)C2C(c3ccccc3)C(c3ccccc3)C(c3ccccc3)C2c2ccccc2)[nH]1. The average molecular weight is 627 g/mol. The van der Waals surface area contributed by atoms with Gasteiger partial charge in [0.25, 0.3) is 0 Å². The van der Waals surface area contributed by atoms with Crippen LogP contribution >= 0.6 is 0 Å². The molecule has 240 valence electrons. The highest BCUT2D eigenvalue weighted by Crippen LogP contribution is 2.67. The Kier molecular flexibility index (Phi) is 9.00. The first-order valence-electron chi connectivity index (χ1n) is 17.5. The van der Waals surface area contributed by atoms with Crippen molar-refractivity contribution in [1.82, 2.24) is 4.98 Å². The summed E-state index contributed by atoms with van der Waals surface area (Å²) in [4.78, 5) is 8.82. The van der Waals surface area contributed by atoms with E-state index >= 15 is 0 Å². The van der Waals surface area contributed by atoms with Crippen LogP contribution in [0.4, 0.5) is 5.69 Å². The van der Waals surface area contributed by atoms with Gasteiger partial charge in [-0.05, 0) is 81.5 Å². The van der Waals surface area contributed by atoms with E-state index in [2.05, 4.69) is 190 Å². The Hall–Kier alpha value is -4.95. The van der Waals surface area contributed by atoms with Gasteiger partial charge in [0.05, 0.1) is 17.6 Å². The van der Waals surface area contributed by atoms with Gasteiger partial charge in [-0.15, -0.1) is 0 Å². The molecule has 4 atom stereocenters. The number of aliphatic imine (C=N–C) groups is 1.